The van der Waals surface area contributed by atoms with Crippen LogP contribution in [0.15, 0.2) is 24.3 Å². The molecular weight excluding hydrogens is 266 g/mol. The van der Waals surface area contributed by atoms with Crippen molar-refractivity contribution in [2.75, 3.05) is 36.5 Å². The molecule has 2 rings (SSSR count). The molecule has 1 saturated heterocycles. The summed E-state index contributed by atoms with van der Waals surface area (Å²) in [6.45, 7) is 7.21. The lowest BCUT2D eigenvalue weighted by Gasteiger charge is -2.29. The molecule has 21 heavy (non-hydrogen) atoms. The van der Waals surface area contributed by atoms with Crippen molar-refractivity contribution in [2.45, 2.75) is 32.2 Å². The molecule has 3 N–H and O–H groups in total. The number of morpholine rings is 1. The van der Waals surface area contributed by atoms with Crippen LogP contribution in [0.1, 0.15) is 26.7 Å². The van der Waals surface area contributed by atoms with Crippen LogP contribution in [0.2, 0.25) is 0 Å². The van der Waals surface area contributed by atoms with Gasteiger partial charge in [0, 0.05) is 24.5 Å². The smallest absolute Gasteiger partial charge is 0.244 e. The Kier molecular flexibility index (Phi) is 5.20. The molecule has 0 bridgehead atoms. The summed E-state index contributed by atoms with van der Waals surface area (Å²) in [5.41, 5.74) is 7.25. The molecule has 0 aromatic heterocycles. The Hall–Kier alpha value is -1.59. The maximum atomic E-state index is 12.2. The fourth-order valence-corrected chi connectivity index (χ4v) is 2.40. The summed E-state index contributed by atoms with van der Waals surface area (Å²) in [6, 6.07) is 7.90. The predicted octanol–water partition coefficient (Wildman–Crippen LogP) is 1.98. The second-order valence-electron chi connectivity index (χ2n) is 5.46. The summed E-state index contributed by atoms with van der Waals surface area (Å²) in [5.74, 6) is -0.119. The quantitative estimate of drug-likeness (QED) is 0.870. The van der Waals surface area contributed by atoms with Gasteiger partial charge in [0.25, 0.3) is 0 Å². The van der Waals surface area contributed by atoms with Gasteiger partial charge in [-0.2, -0.15) is 0 Å². The molecule has 1 aromatic rings. The van der Waals surface area contributed by atoms with Gasteiger partial charge in [-0.15, -0.1) is 0 Å². The van der Waals surface area contributed by atoms with Crippen molar-refractivity contribution in [3.8, 4) is 0 Å². The topological polar surface area (TPSA) is 67.6 Å². The van der Waals surface area contributed by atoms with Gasteiger partial charge in [-0.1, -0.05) is 13.8 Å². The third-order valence-electron chi connectivity index (χ3n) is 4.22. The van der Waals surface area contributed by atoms with Gasteiger partial charge in [-0.3, -0.25) is 4.79 Å². The van der Waals surface area contributed by atoms with E-state index in [4.69, 9.17) is 10.5 Å². The van der Waals surface area contributed by atoms with Crippen LogP contribution in [0.3, 0.4) is 0 Å². The van der Waals surface area contributed by atoms with E-state index in [2.05, 4.69) is 10.2 Å². The molecule has 116 valence electrons. The lowest BCUT2D eigenvalue weighted by molar-refractivity contribution is -0.121. The Morgan fingerprint density at radius 2 is 1.81 bits per heavy atom. The number of hydrogen-bond acceptors (Lipinski definition) is 4. The van der Waals surface area contributed by atoms with Crippen LogP contribution in [0.25, 0.3) is 0 Å². The zero-order valence-electron chi connectivity index (χ0n) is 12.9. The number of nitrogens with zero attached hydrogens (tertiary/aromatic N) is 1. The van der Waals surface area contributed by atoms with Crippen molar-refractivity contribution >= 4 is 17.3 Å². The average Bonchev–Trinajstić information content (AvgIpc) is 2.55. The number of benzene rings is 1. The number of nitrogens with one attached hydrogen (secondary N) is 1. The highest BCUT2D eigenvalue weighted by Crippen LogP contribution is 2.20. The molecule has 0 saturated carbocycles. The van der Waals surface area contributed by atoms with Crippen LogP contribution in [0, 0.1) is 0 Å². The van der Waals surface area contributed by atoms with Gasteiger partial charge in [0.15, 0.2) is 0 Å². The highest BCUT2D eigenvalue weighted by molar-refractivity contribution is 5.98. The standard InChI is InChI=1S/C16H25N3O2/c1-3-16(17,4-2)15(20)18-13-5-7-14(8-6-13)19-9-11-21-12-10-19/h5-8H,3-4,9-12,17H2,1-2H3,(H,18,20). The van der Waals surface area contributed by atoms with E-state index in [1.807, 2.05) is 38.1 Å². The number of anilines is 2. The van der Waals surface area contributed by atoms with Crippen molar-refractivity contribution in [1.82, 2.24) is 0 Å². The minimum Gasteiger partial charge on any atom is -0.378 e. The number of carbonyl (C=O) groups excluding carboxylic acids is 1. The van der Waals surface area contributed by atoms with Gasteiger partial charge in [-0.05, 0) is 37.1 Å². The molecule has 0 radical (unpaired) electrons. The first-order valence-electron chi connectivity index (χ1n) is 7.62. The molecule has 1 aromatic carbocycles. The number of ether oxygens (including phenoxy) is 1. The monoisotopic (exact) mass is 291 g/mol. The van der Waals surface area contributed by atoms with Crippen molar-refractivity contribution in [2.24, 2.45) is 5.73 Å². The van der Waals surface area contributed by atoms with E-state index in [1.165, 1.54) is 0 Å². The normalized spacial score (nSPS) is 15.9. The molecule has 1 amide bonds. The number of carbonyl (C=O) groups is 1. The SMILES string of the molecule is CCC(N)(CC)C(=O)Nc1ccc(N2CCOCC2)cc1. The Bertz CT molecular complexity index is 463. The molecule has 1 heterocycles. The lowest BCUT2D eigenvalue weighted by atomic mass is 9.93. The molecule has 0 spiro atoms. The minimum atomic E-state index is -0.789. The summed E-state index contributed by atoms with van der Waals surface area (Å²) < 4.78 is 5.35. The Labute approximate surface area is 126 Å². The van der Waals surface area contributed by atoms with E-state index in [0.29, 0.717) is 12.8 Å². The zero-order valence-corrected chi connectivity index (χ0v) is 12.9. The summed E-state index contributed by atoms with van der Waals surface area (Å²) >= 11 is 0. The summed E-state index contributed by atoms with van der Waals surface area (Å²) in [5, 5.41) is 2.91. The fourth-order valence-electron chi connectivity index (χ4n) is 2.40. The lowest BCUT2D eigenvalue weighted by Crippen LogP contribution is -2.50. The fraction of sp³-hybridized carbons (Fsp3) is 0.562. The maximum absolute atomic E-state index is 12.2. The van der Waals surface area contributed by atoms with Gasteiger partial charge < -0.3 is 20.7 Å². The first-order chi connectivity index (χ1) is 10.1. The first kappa shape index (κ1) is 15.8. The van der Waals surface area contributed by atoms with E-state index < -0.39 is 5.54 Å². The molecular formula is C16H25N3O2. The first-order valence-corrected chi connectivity index (χ1v) is 7.62. The molecule has 1 aliphatic rings. The van der Waals surface area contributed by atoms with Gasteiger partial charge in [0.05, 0.1) is 18.8 Å². The minimum absolute atomic E-state index is 0.119. The van der Waals surface area contributed by atoms with Crippen molar-refractivity contribution in [3.05, 3.63) is 24.3 Å². The Morgan fingerprint density at radius 1 is 1.24 bits per heavy atom. The van der Waals surface area contributed by atoms with Crippen molar-refractivity contribution in [3.63, 3.8) is 0 Å². The summed E-state index contributed by atoms with van der Waals surface area (Å²) in [4.78, 5) is 14.5. The van der Waals surface area contributed by atoms with E-state index in [-0.39, 0.29) is 5.91 Å². The van der Waals surface area contributed by atoms with E-state index in [0.717, 1.165) is 37.7 Å². The molecule has 5 nitrogen and oxygen atoms in total. The van der Waals surface area contributed by atoms with Gasteiger partial charge >= 0.3 is 0 Å². The van der Waals surface area contributed by atoms with Crippen LogP contribution in [0.5, 0.6) is 0 Å². The predicted molar refractivity (Wildman–Crippen MR) is 85.6 cm³/mol. The largest absolute Gasteiger partial charge is 0.378 e. The summed E-state index contributed by atoms with van der Waals surface area (Å²) in [6.07, 6.45) is 1.25. The van der Waals surface area contributed by atoms with Crippen LogP contribution < -0.4 is 16.0 Å². The van der Waals surface area contributed by atoms with Crippen LogP contribution in [-0.4, -0.2) is 37.7 Å². The molecule has 0 aliphatic carbocycles. The highest BCUT2D eigenvalue weighted by atomic mass is 16.5. The third-order valence-corrected chi connectivity index (χ3v) is 4.22. The molecule has 1 aliphatic heterocycles. The van der Waals surface area contributed by atoms with E-state index >= 15 is 0 Å². The van der Waals surface area contributed by atoms with Gasteiger partial charge in [0.1, 0.15) is 0 Å². The second-order valence-corrected chi connectivity index (χ2v) is 5.46. The van der Waals surface area contributed by atoms with E-state index in [1.54, 1.807) is 0 Å². The molecule has 0 atom stereocenters. The number of nitrogens with two attached hydrogens (primary N) is 1. The van der Waals surface area contributed by atoms with Crippen molar-refractivity contribution in [1.29, 1.82) is 0 Å². The molecule has 1 fully saturated rings. The van der Waals surface area contributed by atoms with Crippen LogP contribution in [0.4, 0.5) is 11.4 Å². The van der Waals surface area contributed by atoms with Gasteiger partial charge in [0.2, 0.25) is 5.91 Å². The number of rotatable bonds is 5. The Morgan fingerprint density at radius 3 is 2.33 bits per heavy atom. The zero-order chi connectivity index (χ0) is 15.3. The number of hydrogen-bond donors (Lipinski definition) is 2. The highest BCUT2D eigenvalue weighted by Gasteiger charge is 2.29. The second kappa shape index (κ2) is 6.91. The van der Waals surface area contributed by atoms with Gasteiger partial charge in [-0.25, -0.2) is 0 Å². The van der Waals surface area contributed by atoms with Crippen LogP contribution in [-0.2, 0) is 9.53 Å². The van der Waals surface area contributed by atoms with Crippen LogP contribution >= 0.6 is 0 Å². The van der Waals surface area contributed by atoms with Crippen molar-refractivity contribution < 1.29 is 9.53 Å². The average molecular weight is 291 g/mol. The molecule has 0 unspecified atom stereocenters. The molecule has 5 heteroatoms. The summed E-state index contributed by atoms with van der Waals surface area (Å²) in [7, 11) is 0. The third kappa shape index (κ3) is 3.74. The Balaban J connectivity index is 2.00. The maximum Gasteiger partial charge on any atom is 0.244 e. The van der Waals surface area contributed by atoms with E-state index in [9.17, 15) is 4.79 Å². The number of amides is 1.